The zero-order valence-corrected chi connectivity index (χ0v) is 10.9. The Balaban J connectivity index is 2.25. The summed E-state index contributed by atoms with van der Waals surface area (Å²) in [5.41, 5.74) is 0.866. The minimum Gasteiger partial charge on any atom is -0.481 e. The first-order valence-corrected chi connectivity index (χ1v) is 7.15. The van der Waals surface area contributed by atoms with Crippen molar-refractivity contribution in [1.29, 1.82) is 0 Å². The number of carbonyl (C=O) groups is 1. The van der Waals surface area contributed by atoms with Crippen molar-refractivity contribution in [2.24, 2.45) is 5.92 Å². The number of sulfonamides is 1. The molecule has 1 fully saturated rings. The number of hydrogen-bond acceptors (Lipinski definition) is 3. The van der Waals surface area contributed by atoms with Crippen LogP contribution in [0.2, 0.25) is 0 Å². The highest BCUT2D eigenvalue weighted by Crippen LogP contribution is 2.24. The van der Waals surface area contributed by atoms with Gasteiger partial charge in [0.25, 0.3) is 0 Å². The van der Waals surface area contributed by atoms with Crippen LogP contribution in [0.5, 0.6) is 0 Å². The van der Waals surface area contributed by atoms with Crippen LogP contribution in [-0.4, -0.2) is 36.9 Å². The van der Waals surface area contributed by atoms with E-state index < -0.39 is 21.9 Å². The van der Waals surface area contributed by atoms with Gasteiger partial charge in [-0.25, -0.2) is 8.42 Å². The highest BCUT2D eigenvalue weighted by atomic mass is 32.2. The van der Waals surface area contributed by atoms with Crippen LogP contribution in [0, 0.1) is 12.8 Å². The van der Waals surface area contributed by atoms with Gasteiger partial charge >= 0.3 is 5.97 Å². The molecule has 1 atom stereocenters. The smallest absolute Gasteiger partial charge is 0.307 e. The highest BCUT2D eigenvalue weighted by molar-refractivity contribution is 7.89. The lowest BCUT2D eigenvalue weighted by Crippen LogP contribution is -2.30. The van der Waals surface area contributed by atoms with Crippen molar-refractivity contribution >= 4 is 16.0 Å². The molecule has 1 aromatic carbocycles. The van der Waals surface area contributed by atoms with Crippen LogP contribution in [0.3, 0.4) is 0 Å². The van der Waals surface area contributed by atoms with Gasteiger partial charge in [0.2, 0.25) is 10.0 Å². The zero-order chi connectivity index (χ0) is 13.3. The summed E-state index contributed by atoms with van der Waals surface area (Å²) in [7, 11) is -3.56. The number of carboxylic acid groups (broad SMARTS) is 1. The molecule has 0 aliphatic carbocycles. The van der Waals surface area contributed by atoms with Crippen LogP contribution in [0.25, 0.3) is 0 Å². The van der Waals surface area contributed by atoms with E-state index in [-0.39, 0.29) is 18.0 Å². The summed E-state index contributed by atoms with van der Waals surface area (Å²) < 4.78 is 25.8. The first-order chi connectivity index (χ1) is 8.41. The monoisotopic (exact) mass is 269 g/mol. The summed E-state index contributed by atoms with van der Waals surface area (Å²) in [6, 6.07) is 6.65. The molecule has 6 heteroatoms. The largest absolute Gasteiger partial charge is 0.481 e. The van der Waals surface area contributed by atoms with E-state index in [2.05, 4.69) is 0 Å². The van der Waals surface area contributed by atoms with Gasteiger partial charge < -0.3 is 5.11 Å². The van der Waals surface area contributed by atoms with Crippen molar-refractivity contribution in [1.82, 2.24) is 4.31 Å². The summed E-state index contributed by atoms with van der Waals surface area (Å²) in [5, 5.41) is 8.89. The van der Waals surface area contributed by atoms with E-state index >= 15 is 0 Å². The molecule has 18 heavy (non-hydrogen) atoms. The Hall–Kier alpha value is -1.40. The van der Waals surface area contributed by atoms with Crippen molar-refractivity contribution in [3.8, 4) is 0 Å². The van der Waals surface area contributed by atoms with Crippen LogP contribution < -0.4 is 0 Å². The van der Waals surface area contributed by atoms with Crippen LogP contribution in [0.1, 0.15) is 12.0 Å². The molecule has 0 spiro atoms. The van der Waals surface area contributed by atoms with Gasteiger partial charge in [-0.1, -0.05) is 12.1 Å². The zero-order valence-electron chi connectivity index (χ0n) is 10.0. The van der Waals surface area contributed by atoms with Crippen molar-refractivity contribution in [2.45, 2.75) is 18.2 Å². The molecule has 0 amide bonds. The normalized spacial score (nSPS) is 21.1. The Labute approximate surface area is 106 Å². The fourth-order valence-electron chi connectivity index (χ4n) is 2.07. The molecule has 1 heterocycles. The molecule has 0 radical (unpaired) electrons. The molecule has 1 N–H and O–H groups in total. The van der Waals surface area contributed by atoms with Gasteiger partial charge in [0.1, 0.15) is 0 Å². The van der Waals surface area contributed by atoms with Crippen LogP contribution >= 0.6 is 0 Å². The van der Waals surface area contributed by atoms with E-state index in [1.807, 2.05) is 13.0 Å². The SMILES string of the molecule is Cc1cccc(S(=O)(=O)N2CCC(C(=O)O)C2)c1. The number of benzene rings is 1. The van der Waals surface area contributed by atoms with Gasteiger partial charge in [0.05, 0.1) is 10.8 Å². The maximum absolute atomic E-state index is 12.3. The van der Waals surface area contributed by atoms with E-state index in [1.54, 1.807) is 12.1 Å². The van der Waals surface area contributed by atoms with E-state index in [0.717, 1.165) is 5.56 Å². The summed E-state index contributed by atoms with van der Waals surface area (Å²) in [4.78, 5) is 11.1. The maximum atomic E-state index is 12.3. The van der Waals surface area contributed by atoms with Gasteiger partial charge in [0, 0.05) is 13.1 Å². The predicted molar refractivity (Wildman–Crippen MR) is 65.7 cm³/mol. The van der Waals surface area contributed by atoms with E-state index in [4.69, 9.17) is 5.11 Å². The van der Waals surface area contributed by atoms with Gasteiger partial charge in [-0.15, -0.1) is 0 Å². The Morgan fingerprint density at radius 2 is 2.17 bits per heavy atom. The maximum Gasteiger partial charge on any atom is 0.307 e. The number of carboxylic acids is 1. The molecule has 1 aromatic rings. The summed E-state index contributed by atoms with van der Waals surface area (Å²) in [5.74, 6) is -1.53. The lowest BCUT2D eigenvalue weighted by molar-refractivity contribution is -0.141. The van der Waals surface area contributed by atoms with Gasteiger partial charge in [-0.3, -0.25) is 4.79 Å². The summed E-state index contributed by atoms with van der Waals surface area (Å²) >= 11 is 0. The first kappa shape index (κ1) is 13.0. The lowest BCUT2D eigenvalue weighted by atomic mass is 10.1. The van der Waals surface area contributed by atoms with Crippen molar-refractivity contribution in [3.63, 3.8) is 0 Å². The average molecular weight is 269 g/mol. The molecule has 1 saturated heterocycles. The third-order valence-corrected chi connectivity index (χ3v) is 4.99. The molecule has 5 nitrogen and oxygen atoms in total. The fourth-order valence-corrected chi connectivity index (χ4v) is 3.68. The highest BCUT2D eigenvalue weighted by Gasteiger charge is 2.35. The molecule has 1 unspecified atom stereocenters. The number of aliphatic carboxylic acids is 1. The van der Waals surface area contributed by atoms with E-state index in [1.165, 1.54) is 10.4 Å². The number of rotatable bonds is 3. The predicted octanol–water partition coefficient (Wildman–Crippen LogP) is 1.09. The van der Waals surface area contributed by atoms with E-state index in [9.17, 15) is 13.2 Å². The van der Waals surface area contributed by atoms with Crippen LogP contribution in [0.15, 0.2) is 29.2 Å². The molecule has 0 saturated carbocycles. The number of nitrogens with zero attached hydrogens (tertiary/aromatic N) is 1. The third-order valence-electron chi connectivity index (χ3n) is 3.13. The van der Waals surface area contributed by atoms with Crippen LogP contribution in [0.4, 0.5) is 0 Å². The van der Waals surface area contributed by atoms with Gasteiger partial charge in [-0.2, -0.15) is 4.31 Å². The second kappa shape index (κ2) is 4.70. The molecule has 98 valence electrons. The Kier molecular flexibility index (Phi) is 3.41. The molecule has 0 bridgehead atoms. The second-order valence-electron chi connectivity index (χ2n) is 4.50. The molecular weight excluding hydrogens is 254 g/mol. The average Bonchev–Trinajstić information content (AvgIpc) is 2.79. The van der Waals surface area contributed by atoms with Crippen molar-refractivity contribution in [2.75, 3.05) is 13.1 Å². The Bertz CT molecular complexity index is 567. The van der Waals surface area contributed by atoms with Crippen molar-refractivity contribution < 1.29 is 18.3 Å². The number of aryl methyl sites for hydroxylation is 1. The Morgan fingerprint density at radius 3 is 2.72 bits per heavy atom. The minimum absolute atomic E-state index is 0.0611. The molecule has 1 aliphatic rings. The Morgan fingerprint density at radius 1 is 1.44 bits per heavy atom. The summed E-state index contributed by atoms with van der Waals surface area (Å²) in [6.45, 7) is 2.15. The molecule has 0 aromatic heterocycles. The van der Waals surface area contributed by atoms with Crippen molar-refractivity contribution in [3.05, 3.63) is 29.8 Å². The third kappa shape index (κ3) is 2.39. The van der Waals surface area contributed by atoms with Gasteiger partial charge in [0.15, 0.2) is 0 Å². The quantitative estimate of drug-likeness (QED) is 0.891. The summed E-state index contributed by atoms with van der Waals surface area (Å²) in [6.07, 6.45) is 0.375. The van der Waals surface area contributed by atoms with Crippen LogP contribution in [-0.2, 0) is 14.8 Å². The number of hydrogen-bond donors (Lipinski definition) is 1. The lowest BCUT2D eigenvalue weighted by Gasteiger charge is -2.16. The second-order valence-corrected chi connectivity index (χ2v) is 6.44. The van der Waals surface area contributed by atoms with E-state index in [0.29, 0.717) is 6.42 Å². The standard InChI is InChI=1S/C12H15NO4S/c1-9-3-2-4-11(7-9)18(16,17)13-6-5-10(8-13)12(14)15/h2-4,7,10H,5-6,8H2,1H3,(H,14,15). The van der Waals surface area contributed by atoms with Gasteiger partial charge in [-0.05, 0) is 31.0 Å². The fraction of sp³-hybridized carbons (Fsp3) is 0.417. The minimum atomic E-state index is -3.56. The first-order valence-electron chi connectivity index (χ1n) is 5.71. The molecular formula is C12H15NO4S. The topological polar surface area (TPSA) is 74.7 Å². The molecule has 2 rings (SSSR count). The molecule has 1 aliphatic heterocycles.